The van der Waals surface area contributed by atoms with E-state index in [9.17, 15) is 4.79 Å². The second-order valence-corrected chi connectivity index (χ2v) is 4.10. The van der Waals surface area contributed by atoms with Crippen LogP contribution < -0.4 is 0 Å². The van der Waals surface area contributed by atoms with Gasteiger partial charge < -0.3 is 0 Å². The summed E-state index contributed by atoms with van der Waals surface area (Å²) in [7, 11) is 0. The first-order valence-corrected chi connectivity index (χ1v) is 5.02. The van der Waals surface area contributed by atoms with E-state index in [4.69, 9.17) is 0 Å². The van der Waals surface area contributed by atoms with Crippen molar-refractivity contribution in [3.63, 3.8) is 0 Å². The van der Waals surface area contributed by atoms with E-state index in [1.165, 1.54) is 36.8 Å². The van der Waals surface area contributed by atoms with Gasteiger partial charge in [0.05, 0.1) is 0 Å². The van der Waals surface area contributed by atoms with Crippen molar-refractivity contribution in [3.05, 3.63) is 11.1 Å². The summed E-state index contributed by atoms with van der Waals surface area (Å²) in [5.74, 6) is 1.09. The Morgan fingerprint density at radius 2 is 2.00 bits per heavy atom. The maximum atomic E-state index is 11.6. The van der Waals surface area contributed by atoms with Gasteiger partial charge in [0.15, 0.2) is 5.78 Å². The van der Waals surface area contributed by atoms with Crippen LogP contribution in [0.4, 0.5) is 0 Å². The number of carbonyl (C=O) groups excluding carboxylic acids is 1. The van der Waals surface area contributed by atoms with Crippen LogP contribution in [0.2, 0.25) is 0 Å². The number of hydrogen-bond donors (Lipinski definition) is 0. The van der Waals surface area contributed by atoms with E-state index >= 15 is 0 Å². The number of carbonyl (C=O) groups is 1. The van der Waals surface area contributed by atoms with Gasteiger partial charge in [-0.15, -0.1) is 0 Å². The average Bonchev–Trinajstić information content (AvgIpc) is 2.29. The lowest BCUT2D eigenvalue weighted by Gasteiger charge is -2.08. The van der Waals surface area contributed by atoms with Gasteiger partial charge in [0, 0.05) is 6.42 Å². The van der Waals surface area contributed by atoms with Crippen molar-refractivity contribution in [1.82, 2.24) is 0 Å². The van der Waals surface area contributed by atoms with Gasteiger partial charge in [-0.25, -0.2) is 0 Å². The molecule has 0 aromatic carbocycles. The first-order valence-electron chi connectivity index (χ1n) is 5.02. The summed E-state index contributed by atoms with van der Waals surface area (Å²) in [6.07, 6.45) is 6.86. The Kier molecular flexibility index (Phi) is 2.03. The number of hydrogen-bond acceptors (Lipinski definition) is 1. The highest BCUT2D eigenvalue weighted by molar-refractivity contribution is 5.97. The zero-order chi connectivity index (χ0) is 8.55. The highest BCUT2D eigenvalue weighted by Crippen LogP contribution is 2.38. The van der Waals surface area contributed by atoms with Crippen molar-refractivity contribution in [3.8, 4) is 0 Å². The summed E-state index contributed by atoms with van der Waals surface area (Å²) in [6.45, 7) is 2.14. The molecule has 0 bridgehead atoms. The van der Waals surface area contributed by atoms with Crippen LogP contribution in [0.3, 0.4) is 0 Å². The maximum Gasteiger partial charge on any atom is 0.159 e. The minimum atomic E-state index is 0.451. The number of rotatable bonds is 0. The molecule has 66 valence electrons. The Morgan fingerprint density at radius 1 is 1.17 bits per heavy atom. The van der Waals surface area contributed by atoms with Crippen LogP contribution in [0.25, 0.3) is 0 Å². The summed E-state index contributed by atoms with van der Waals surface area (Å²) in [4.78, 5) is 11.6. The molecule has 0 aliphatic heterocycles. The van der Waals surface area contributed by atoms with Crippen molar-refractivity contribution >= 4 is 5.78 Å². The van der Waals surface area contributed by atoms with E-state index in [1.54, 1.807) is 0 Å². The highest BCUT2D eigenvalue weighted by atomic mass is 16.1. The first kappa shape index (κ1) is 8.03. The third-order valence-electron chi connectivity index (χ3n) is 3.24. The summed E-state index contributed by atoms with van der Waals surface area (Å²) in [6, 6.07) is 0. The van der Waals surface area contributed by atoms with Crippen LogP contribution in [0, 0.1) is 5.92 Å². The first-order chi connectivity index (χ1) is 5.79. The lowest BCUT2D eigenvalue weighted by Crippen LogP contribution is -2.06. The van der Waals surface area contributed by atoms with Gasteiger partial charge in [0.1, 0.15) is 0 Å². The summed E-state index contributed by atoms with van der Waals surface area (Å²) < 4.78 is 0. The molecule has 0 amide bonds. The van der Waals surface area contributed by atoms with Crippen LogP contribution in [0.15, 0.2) is 11.1 Å². The van der Waals surface area contributed by atoms with E-state index in [0.29, 0.717) is 11.7 Å². The molecule has 12 heavy (non-hydrogen) atoms. The van der Waals surface area contributed by atoms with Crippen molar-refractivity contribution in [1.29, 1.82) is 0 Å². The van der Waals surface area contributed by atoms with Crippen molar-refractivity contribution < 1.29 is 4.79 Å². The van der Waals surface area contributed by atoms with Crippen LogP contribution in [-0.2, 0) is 4.79 Å². The van der Waals surface area contributed by atoms with Crippen molar-refractivity contribution in [2.75, 3.05) is 0 Å². The Morgan fingerprint density at radius 3 is 2.83 bits per heavy atom. The van der Waals surface area contributed by atoms with Gasteiger partial charge in [0.2, 0.25) is 0 Å². The molecule has 0 N–H and O–H groups in total. The molecule has 2 aliphatic rings. The lowest BCUT2D eigenvalue weighted by molar-refractivity contribution is -0.115. The van der Waals surface area contributed by atoms with Gasteiger partial charge in [-0.05, 0) is 44.1 Å². The zero-order valence-electron chi connectivity index (χ0n) is 7.73. The smallest absolute Gasteiger partial charge is 0.159 e. The van der Waals surface area contributed by atoms with Gasteiger partial charge in [0.25, 0.3) is 0 Å². The fourth-order valence-electron chi connectivity index (χ4n) is 2.58. The van der Waals surface area contributed by atoms with Crippen LogP contribution >= 0.6 is 0 Å². The zero-order valence-corrected chi connectivity index (χ0v) is 7.73. The average molecular weight is 164 g/mol. The van der Waals surface area contributed by atoms with E-state index in [1.807, 2.05) is 0 Å². The molecule has 2 rings (SSSR count). The summed E-state index contributed by atoms with van der Waals surface area (Å²) in [5.41, 5.74) is 2.60. The van der Waals surface area contributed by atoms with Gasteiger partial charge in [-0.3, -0.25) is 4.79 Å². The van der Waals surface area contributed by atoms with Gasteiger partial charge >= 0.3 is 0 Å². The van der Waals surface area contributed by atoms with Crippen LogP contribution in [-0.4, -0.2) is 5.78 Å². The Labute approximate surface area is 73.8 Å². The molecular formula is C11H16O. The molecule has 0 heterocycles. The Hall–Kier alpha value is -0.590. The fourth-order valence-corrected chi connectivity index (χ4v) is 2.58. The van der Waals surface area contributed by atoms with Crippen LogP contribution in [0.5, 0.6) is 0 Å². The molecule has 1 heteroatoms. The standard InChI is InChI=1S/C11H16O/c1-8-6-7-9-4-2-3-5-10(12)11(8)9/h9H,2-7H2,1H3. The van der Waals surface area contributed by atoms with E-state index in [-0.39, 0.29) is 0 Å². The monoisotopic (exact) mass is 164 g/mol. The minimum Gasteiger partial charge on any atom is -0.295 e. The second kappa shape index (κ2) is 3.04. The molecule has 1 atom stereocenters. The molecule has 0 spiro atoms. The molecule has 0 saturated heterocycles. The molecule has 0 radical (unpaired) electrons. The number of allylic oxidation sites excluding steroid dienone is 2. The molecule has 1 fully saturated rings. The van der Waals surface area contributed by atoms with E-state index in [0.717, 1.165) is 12.8 Å². The van der Waals surface area contributed by atoms with E-state index < -0.39 is 0 Å². The minimum absolute atomic E-state index is 0.451. The molecule has 1 unspecified atom stereocenters. The molecule has 1 saturated carbocycles. The number of ketones is 1. The predicted molar refractivity (Wildman–Crippen MR) is 48.9 cm³/mol. The van der Waals surface area contributed by atoms with E-state index in [2.05, 4.69) is 6.92 Å². The lowest BCUT2D eigenvalue weighted by atomic mass is 9.95. The maximum absolute atomic E-state index is 11.6. The van der Waals surface area contributed by atoms with Crippen molar-refractivity contribution in [2.45, 2.75) is 45.4 Å². The molecule has 1 nitrogen and oxygen atoms in total. The largest absolute Gasteiger partial charge is 0.295 e. The normalized spacial score (nSPS) is 30.4. The fraction of sp³-hybridized carbons (Fsp3) is 0.727. The number of fused-ring (bicyclic) bond motifs is 1. The topological polar surface area (TPSA) is 17.1 Å². The predicted octanol–water partition coefficient (Wildman–Crippen LogP) is 2.86. The Balaban J connectivity index is 2.29. The quantitative estimate of drug-likeness (QED) is 0.538. The summed E-state index contributed by atoms with van der Waals surface area (Å²) >= 11 is 0. The highest BCUT2D eigenvalue weighted by Gasteiger charge is 2.29. The van der Waals surface area contributed by atoms with Crippen molar-refractivity contribution in [2.24, 2.45) is 5.92 Å². The van der Waals surface area contributed by atoms with Gasteiger partial charge in [-0.1, -0.05) is 12.0 Å². The Bertz CT molecular complexity index is 237. The second-order valence-electron chi connectivity index (χ2n) is 4.10. The molecular weight excluding hydrogens is 148 g/mol. The SMILES string of the molecule is CC1=C2C(=O)CCCCC2CC1. The third-order valence-corrected chi connectivity index (χ3v) is 3.24. The van der Waals surface area contributed by atoms with Gasteiger partial charge in [-0.2, -0.15) is 0 Å². The molecule has 0 aromatic heterocycles. The van der Waals surface area contributed by atoms with Crippen LogP contribution in [0.1, 0.15) is 45.4 Å². The number of Topliss-reactive ketones (excluding diaryl/α,β-unsaturated/α-hetero) is 1. The summed E-state index contributed by atoms with van der Waals surface area (Å²) in [5, 5.41) is 0. The molecule has 2 aliphatic carbocycles. The molecule has 0 aromatic rings. The third kappa shape index (κ3) is 1.21.